The monoisotopic (exact) mass is 332 g/mol. The Morgan fingerprint density at radius 2 is 1.80 bits per heavy atom. The van der Waals surface area contributed by atoms with Crippen molar-refractivity contribution >= 4 is 22.6 Å². The summed E-state index contributed by atoms with van der Waals surface area (Å²) in [6.45, 7) is 4.35. The lowest BCUT2D eigenvalue weighted by molar-refractivity contribution is 0.103. The van der Waals surface area contributed by atoms with Crippen molar-refractivity contribution in [1.29, 1.82) is 0 Å². The van der Waals surface area contributed by atoms with Gasteiger partial charge in [-0.2, -0.15) is 5.10 Å². The Morgan fingerprint density at radius 1 is 1.08 bits per heavy atom. The minimum Gasteiger partial charge on any atom is -0.287 e. The lowest BCUT2D eigenvalue weighted by Gasteiger charge is -2.07. The fourth-order valence-electron chi connectivity index (χ4n) is 2.90. The van der Waals surface area contributed by atoms with Gasteiger partial charge in [-0.3, -0.25) is 9.59 Å². The Balaban J connectivity index is 2.03. The number of imidazole rings is 1. The van der Waals surface area contributed by atoms with Gasteiger partial charge in [0.25, 0.3) is 5.56 Å². The molecule has 0 aliphatic rings. The van der Waals surface area contributed by atoms with Gasteiger partial charge in [-0.05, 0) is 26.0 Å². The normalized spacial score (nSPS) is 11.3. The standard InChI is InChI=1S/C19H16N4O2/c1-3-22-19-20-14-6-4-5-7-15(14)23(19)18(25)16(21-22)17(24)13-10-8-12(2)9-11-13/h4-11H,3H2,1-2H3. The van der Waals surface area contributed by atoms with Gasteiger partial charge in [0.05, 0.1) is 11.0 Å². The zero-order valence-corrected chi connectivity index (χ0v) is 13.9. The molecule has 0 aliphatic heterocycles. The molecule has 0 fully saturated rings. The number of benzene rings is 2. The van der Waals surface area contributed by atoms with Crippen LogP contribution in [0.15, 0.2) is 53.3 Å². The number of rotatable bonds is 3. The molecule has 25 heavy (non-hydrogen) atoms. The van der Waals surface area contributed by atoms with Gasteiger partial charge in [0, 0.05) is 12.1 Å². The van der Waals surface area contributed by atoms with Crippen molar-refractivity contribution < 1.29 is 4.79 Å². The quantitative estimate of drug-likeness (QED) is 0.541. The van der Waals surface area contributed by atoms with Crippen LogP contribution in [0.4, 0.5) is 0 Å². The smallest absolute Gasteiger partial charge is 0.287 e. The van der Waals surface area contributed by atoms with E-state index in [-0.39, 0.29) is 11.5 Å². The van der Waals surface area contributed by atoms with E-state index in [0.717, 1.165) is 5.56 Å². The molecule has 0 saturated heterocycles. The molecule has 0 amide bonds. The van der Waals surface area contributed by atoms with Crippen LogP contribution in [0.5, 0.6) is 0 Å². The van der Waals surface area contributed by atoms with Crippen LogP contribution < -0.4 is 5.56 Å². The second-order valence-corrected chi connectivity index (χ2v) is 5.90. The van der Waals surface area contributed by atoms with E-state index in [1.54, 1.807) is 16.8 Å². The van der Waals surface area contributed by atoms with Crippen LogP contribution in [-0.2, 0) is 6.54 Å². The number of hydrogen-bond acceptors (Lipinski definition) is 4. The SMILES string of the molecule is CCn1nc(C(=O)c2ccc(C)cc2)c(=O)n2c3ccccc3nc12. The van der Waals surface area contributed by atoms with Crippen LogP contribution in [0.25, 0.3) is 16.8 Å². The van der Waals surface area contributed by atoms with Crippen molar-refractivity contribution in [3.8, 4) is 0 Å². The molecule has 0 spiro atoms. The van der Waals surface area contributed by atoms with Crippen molar-refractivity contribution in [2.45, 2.75) is 20.4 Å². The average molecular weight is 332 g/mol. The first-order chi connectivity index (χ1) is 12.1. The number of aryl methyl sites for hydroxylation is 2. The van der Waals surface area contributed by atoms with Crippen molar-refractivity contribution in [3.05, 3.63) is 75.7 Å². The molecular weight excluding hydrogens is 316 g/mol. The summed E-state index contributed by atoms with van der Waals surface area (Å²) in [6, 6.07) is 14.5. The number of hydrogen-bond donors (Lipinski definition) is 0. The van der Waals surface area contributed by atoms with Crippen molar-refractivity contribution in [3.63, 3.8) is 0 Å². The molecule has 4 rings (SSSR count). The van der Waals surface area contributed by atoms with Crippen LogP contribution >= 0.6 is 0 Å². The molecule has 0 unspecified atom stereocenters. The van der Waals surface area contributed by atoms with Gasteiger partial charge in [-0.25, -0.2) is 14.1 Å². The molecule has 2 heterocycles. The van der Waals surface area contributed by atoms with E-state index in [0.29, 0.717) is 28.9 Å². The third-order valence-corrected chi connectivity index (χ3v) is 4.23. The van der Waals surface area contributed by atoms with Crippen LogP contribution in [0.2, 0.25) is 0 Å². The topological polar surface area (TPSA) is 69.3 Å². The maximum Gasteiger partial charge on any atom is 0.289 e. The maximum atomic E-state index is 13.0. The Labute approximate surface area is 143 Å². The lowest BCUT2D eigenvalue weighted by Crippen LogP contribution is -2.28. The van der Waals surface area contributed by atoms with E-state index in [1.165, 1.54) is 4.40 Å². The molecule has 0 N–H and O–H groups in total. The van der Waals surface area contributed by atoms with E-state index >= 15 is 0 Å². The number of fused-ring (bicyclic) bond motifs is 3. The lowest BCUT2D eigenvalue weighted by atomic mass is 10.1. The summed E-state index contributed by atoms with van der Waals surface area (Å²) >= 11 is 0. The number of carbonyl (C=O) groups is 1. The molecule has 2 aromatic heterocycles. The van der Waals surface area contributed by atoms with Gasteiger partial charge in [0.15, 0.2) is 5.69 Å². The van der Waals surface area contributed by atoms with Gasteiger partial charge in [0.2, 0.25) is 11.6 Å². The molecule has 6 heteroatoms. The minimum atomic E-state index is -0.445. The molecule has 0 atom stereocenters. The van der Waals surface area contributed by atoms with Gasteiger partial charge in [-0.15, -0.1) is 0 Å². The summed E-state index contributed by atoms with van der Waals surface area (Å²) < 4.78 is 3.05. The molecule has 6 nitrogen and oxygen atoms in total. The molecule has 0 radical (unpaired) electrons. The minimum absolute atomic E-state index is 0.0960. The zero-order chi connectivity index (χ0) is 17.6. The Bertz CT molecular complexity index is 1170. The van der Waals surface area contributed by atoms with Gasteiger partial charge < -0.3 is 0 Å². The van der Waals surface area contributed by atoms with Crippen LogP contribution in [0, 0.1) is 6.92 Å². The van der Waals surface area contributed by atoms with E-state index < -0.39 is 5.56 Å². The molecule has 4 aromatic rings. The predicted molar refractivity (Wildman–Crippen MR) is 95.0 cm³/mol. The number of para-hydroxylation sites is 2. The number of nitrogens with zero attached hydrogens (tertiary/aromatic N) is 4. The summed E-state index contributed by atoms with van der Waals surface area (Å²) in [5.74, 6) is 0.0565. The summed E-state index contributed by atoms with van der Waals surface area (Å²) in [4.78, 5) is 30.3. The highest BCUT2D eigenvalue weighted by atomic mass is 16.2. The third-order valence-electron chi connectivity index (χ3n) is 4.23. The second kappa shape index (κ2) is 5.66. The largest absolute Gasteiger partial charge is 0.289 e. The summed E-state index contributed by atoms with van der Waals surface area (Å²) in [7, 11) is 0. The molecular formula is C19H16N4O2. The van der Waals surface area contributed by atoms with Crippen molar-refractivity contribution in [2.24, 2.45) is 0 Å². The number of ketones is 1. The van der Waals surface area contributed by atoms with Crippen molar-refractivity contribution in [2.75, 3.05) is 0 Å². The zero-order valence-electron chi connectivity index (χ0n) is 13.9. The summed E-state index contributed by atoms with van der Waals surface area (Å²) in [5.41, 5.74) is 2.32. The van der Waals surface area contributed by atoms with Crippen LogP contribution in [0.1, 0.15) is 28.5 Å². The van der Waals surface area contributed by atoms with Gasteiger partial charge in [0.1, 0.15) is 0 Å². The van der Waals surface area contributed by atoms with E-state index in [2.05, 4.69) is 10.1 Å². The van der Waals surface area contributed by atoms with Crippen LogP contribution in [0.3, 0.4) is 0 Å². The highest BCUT2D eigenvalue weighted by Crippen LogP contribution is 2.15. The molecule has 0 saturated carbocycles. The van der Waals surface area contributed by atoms with E-state index in [1.807, 2.05) is 50.2 Å². The van der Waals surface area contributed by atoms with Crippen LogP contribution in [-0.4, -0.2) is 24.9 Å². The Morgan fingerprint density at radius 3 is 2.52 bits per heavy atom. The van der Waals surface area contributed by atoms with E-state index in [4.69, 9.17) is 0 Å². The third kappa shape index (κ3) is 2.34. The second-order valence-electron chi connectivity index (χ2n) is 5.90. The maximum absolute atomic E-state index is 13.0. The summed E-state index contributed by atoms with van der Waals surface area (Å²) in [6.07, 6.45) is 0. The van der Waals surface area contributed by atoms with Gasteiger partial charge in [-0.1, -0.05) is 42.0 Å². The molecule has 124 valence electrons. The Kier molecular flexibility index (Phi) is 3.46. The molecule has 2 aromatic carbocycles. The molecule has 0 aliphatic carbocycles. The number of aromatic nitrogens is 4. The molecule has 0 bridgehead atoms. The highest BCUT2D eigenvalue weighted by molar-refractivity contribution is 6.07. The summed E-state index contributed by atoms with van der Waals surface area (Å²) in [5, 5.41) is 4.28. The average Bonchev–Trinajstić information content (AvgIpc) is 3.02. The first-order valence-corrected chi connectivity index (χ1v) is 8.10. The first kappa shape index (κ1) is 15.3. The van der Waals surface area contributed by atoms with Crippen molar-refractivity contribution in [1.82, 2.24) is 19.2 Å². The fraction of sp³-hybridized carbons (Fsp3) is 0.158. The Hall–Kier alpha value is -3.28. The first-order valence-electron chi connectivity index (χ1n) is 8.10. The highest BCUT2D eigenvalue weighted by Gasteiger charge is 2.21. The van der Waals surface area contributed by atoms with E-state index in [9.17, 15) is 9.59 Å². The fourth-order valence-corrected chi connectivity index (χ4v) is 2.90. The predicted octanol–water partition coefficient (Wildman–Crippen LogP) is 2.60. The van der Waals surface area contributed by atoms with Gasteiger partial charge >= 0.3 is 0 Å². The number of carbonyl (C=O) groups excluding carboxylic acids is 1.